The number of amides is 1. The predicted molar refractivity (Wildman–Crippen MR) is 77.4 cm³/mol. The van der Waals surface area contributed by atoms with Gasteiger partial charge in [-0.3, -0.25) is 9.69 Å². The van der Waals surface area contributed by atoms with E-state index in [1.807, 2.05) is 0 Å². The number of piperazine rings is 1. The highest BCUT2D eigenvalue weighted by Gasteiger charge is 2.43. The molecule has 0 spiro atoms. The third-order valence-corrected chi connectivity index (χ3v) is 3.72. The van der Waals surface area contributed by atoms with E-state index < -0.39 is 30.5 Å². The van der Waals surface area contributed by atoms with E-state index in [-0.39, 0.29) is 19.5 Å². The zero-order valence-electron chi connectivity index (χ0n) is 12.5. The number of alkyl halides is 3. The molecule has 1 aromatic carbocycles. The van der Waals surface area contributed by atoms with Gasteiger partial charge in [-0.15, -0.1) is 0 Å². The van der Waals surface area contributed by atoms with Gasteiger partial charge in [-0.2, -0.15) is 13.2 Å². The molecule has 0 saturated carbocycles. The van der Waals surface area contributed by atoms with E-state index in [1.54, 1.807) is 6.07 Å². The summed E-state index contributed by atoms with van der Waals surface area (Å²) >= 11 is 0. The number of carbonyl (C=O) groups excluding carboxylic acids is 1. The molecule has 4 nitrogen and oxygen atoms in total. The number of halogens is 4. The van der Waals surface area contributed by atoms with Gasteiger partial charge in [-0.25, -0.2) is 4.39 Å². The molecule has 1 saturated heterocycles. The van der Waals surface area contributed by atoms with E-state index in [4.69, 9.17) is 0 Å². The van der Waals surface area contributed by atoms with E-state index >= 15 is 0 Å². The molecule has 1 aromatic rings. The minimum absolute atomic E-state index is 0.149. The minimum atomic E-state index is -4.41. The molecule has 1 atom stereocenters. The standard InChI is InChI=1S/C15H19F4N3O/c16-12-3-1-2-11(8-12)9-14(23)21-10-13(15(17,18)19)22-6-4-20-5-7-22/h1-3,8,13,20H,4-7,9-10H2,(H,21,23). The van der Waals surface area contributed by atoms with Crippen molar-refractivity contribution in [1.29, 1.82) is 0 Å². The lowest BCUT2D eigenvalue weighted by Crippen LogP contribution is -2.57. The van der Waals surface area contributed by atoms with Crippen molar-refractivity contribution in [1.82, 2.24) is 15.5 Å². The summed E-state index contributed by atoms with van der Waals surface area (Å²) in [5.41, 5.74) is 0.424. The monoisotopic (exact) mass is 333 g/mol. The number of nitrogens with zero attached hydrogens (tertiary/aromatic N) is 1. The average molecular weight is 333 g/mol. The number of nitrogens with one attached hydrogen (secondary N) is 2. The number of rotatable bonds is 5. The van der Waals surface area contributed by atoms with Gasteiger partial charge in [0.1, 0.15) is 11.9 Å². The van der Waals surface area contributed by atoms with Crippen LogP contribution in [0.25, 0.3) is 0 Å². The Morgan fingerprint density at radius 1 is 1.30 bits per heavy atom. The first kappa shape index (κ1) is 17.7. The normalized spacial score (nSPS) is 17.7. The topological polar surface area (TPSA) is 44.4 Å². The summed E-state index contributed by atoms with van der Waals surface area (Å²) < 4.78 is 52.6. The van der Waals surface area contributed by atoms with Gasteiger partial charge in [0.05, 0.1) is 6.42 Å². The molecule has 2 N–H and O–H groups in total. The van der Waals surface area contributed by atoms with Crippen LogP contribution in [0.4, 0.5) is 17.6 Å². The molecule has 1 amide bonds. The maximum Gasteiger partial charge on any atom is 0.405 e. The number of hydrogen-bond donors (Lipinski definition) is 2. The van der Waals surface area contributed by atoms with Crippen LogP contribution in [0.3, 0.4) is 0 Å². The van der Waals surface area contributed by atoms with Gasteiger partial charge in [0.15, 0.2) is 0 Å². The maximum absolute atomic E-state index is 13.2. The van der Waals surface area contributed by atoms with Gasteiger partial charge in [-0.1, -0.05) is 12.1 Å². The van der Waals surface area contributed by atoms with E-state index in [0.717, 1.165) is 0 Å². The van der Waals surface area contributed by atoms with Crippen molar-refractivity contribution in [2.24, 2.45) is 0 Å². The Morgan fingerprint density at radius 2 is 2.00 bits per heavy atom. The Bertz CT molecular complexity index is 530. The van der Waals surface area contributed by atoms with Crippen molar-refractivity contribution >= 4 is 5.91 Å². The van der Waals surface area contributed by atoms with Crippen LogP contribution in [0.5, 0.6) is 0 Å². The number of carbonyl (C=O) groups is 1. The van der Waals surface area contributed by atoms with E-state index in [9.17, 15) is 22.4 Å². The van der Waals surface area contributed by atoms with E-state index in [1.165, 1.54) is 23.1 Å². The summed E-state index contributed by atoms with van der Waals surface area (Å²) in [6.07, 6.45) is -4.56. The zero-order chi connectivity index (χ0) is 16.9. The summed E-state index contributed by atoms with van der Waals surface area (Å²) in [6.45, 7) is 1.04. The van der Waals surface area contributed by atoms with Crippen LogP contribution in [0.2, 0.25) is 0 Å². The summed E-state index contributed by atoms with van der Waals surface area (Å²) in [4.78, 5) is 13.1. The summed E-state index contributed by atoms with van der Waals surface area (Å²) in [6, 6.07) is 3.74. The summed E-state index contributed by atoms with van der Waals surface area (Å²) in [5.74, 6) is -1.04. The molecular formula is C15H19F4N3O. The molecule has 1 aliphatic rings. The molecule has 0 aromatic heterocycles. The third-order valence-electron chi connectivity index (χ3n) is 3.72. The van der Waals surface area contributed by atoms with Gasteiger partial charge in [-0.05, 0) is 17.7 Å². The Labute approximate surface area is 131 Å². The Balaban J connectivity index is 1.91. The van der Waals surface area contributed by atoms with Crippen molar-refractivity contribution in [2.45, 2.75) is 18.6 Å². The second kappa shape index (κ2) is 7.74. The van der Waals surface area contributed by atoms with Crippen LogP contribution in [0.15, 0.2) is 24.3 Å². The second-order valence-electron chi connectivity index (χ2n) is 5.45. The highest BCUT2D eigenvalue weighted by molar-refractivity contribution is 5.78. The largest absolute Gasteiger partial charge is 0.405 e. The molecule has 23 heavy (non-hydrogen) atoms. The molecule has 0 radical (unpaired) electrons. The van der Waals surface area contributed by atoms with Crippen molar-refractivity contribution in [3.05, 3.63) is 35.6 Å². The van der Waals surface area contributed by atoms with Crippen LogP contribution in [-0.4, -0.2) is 55.7 Å². The van der Waals surface area contributed by atoms with Gasteiger partial charge in [0, 0.05) is 32.7 Å². The average Bonchev–Trinajstić information content (AvgIpc) is 2.47. The van der Waals surface area contributed by atoms with Crippen LogP contribution in [0.1, 0.15) is 5.56 Å². The Hall–Kier alpha value is -1.67. The fraction of sp³-hybridized carbons (Fsp3) is 0.533. The third kappa shape index (κ3) is 5.47. The van der Waals surface area contributed by atoms with Gasteiger partial charge < -0.3 is 10.6 Å². The van der Waals surface area contributed by atoms with Crippen LogP contribution in [0, 0.1) is 5.82 Å². The first-order valence-electron chi connectivity index (χ1n) is 7.39. The van der Waals surface area contributed by atoms with Crippen LogP contribution >= 0.6 is 0 Å². The minimum Gasteiger partial charge on any atom is -0.354 e. The Kier molecular flexibility index (Phi) is 5.95. The zero-order valence-corrected chi connectivity index (χ0v) is 12.5. The highest BCUT2D eigenvalue weighted by atomic mass is 19.4. The first-order chi connectivity index (χ1) is 10.9. The number of hydrogen-bond acceptors (Lipinski definition) is 3. The molecule has 128 valence electrons. The van der Waals surface area contributed by atoms with E-state index in [0.29, 0.717) is 18.7 Å². The highest BCUT2D eigenvalue weighted by Crippen LogP contribution is 2.24. The van der Waals surface area contributed by atoms with Gasteiger partial charge >= 0.3 is 6.18 Å². The van der Waals surface area contributed by atoms with Crippen molar-refractivity contribution in [3.8, 4) is 0 Å². The molecule has 2 rings (SSSR count). The van der Waals surface area contributed by atoms with Crippen molar-refractivity contribution in [3.63, 3.8) is 0 Å². The fourth-order valence-electron chi connectivity index (χ4n) is 2.55. The molecule has 1 unspecified atom stereocenters. The van der Waals surface area contributed by atoms with Gasteiger partial charge in [0.2, 0.25) is 5.91 Å². The Morgan fingerprint density at radius 3 is 2.61 bits per heavy atom. The maximum atomic E-state index is 13.2. The van der Waals surface area contributed by atoms with Gasteiger partial charge in [0.25, 0.3) is 0 Å². The molecule has 1 aliphatic heterocycles. The lowest BCUT2D eigenvalue weighted by atomic mass is 10.1. The first-order valence-corrected chi connectivity index (χ1v) is 7.39. The second-order valence-corrected chi connectivity index (χ2v) is 5.45. The SMILES string of the molecule is O=C(Cc1cccc(F)c1)NCC(N1CCNCC1)C(F)(F)F. The lowest BCUT2D eigenvalue weighted by molar-refractivity contribution is -0.184. The lowest BCUT2D eigenvalue weighted by Gasteiger charge is -2.35. The molecule has 8 heteroatoms. The predicted octanol–water partition coefficient (Wildman–Crippen LogP) is 1.32. The molecule has 0 bridgehead atoms. The smallest absolute Gasteiger partial charge is 0.354 e. The van der Waals surface area contributed by atoms with Crippen LogP contribution in [-0.2, 0) is 11.2 Å². The summed E-state index contributed by atoms with van der Waals surface area (Å²) in [7, 11) is 0. The van der Waals surface area contributed by atoms with Crippen LogP contribution < -0.4 is 10.6 Å². The molecule has 1 heterocycles. The molecular weight excluding hydrogens is 314 g/mol. The van der Waals surface area contributed by atoms with Crippen molar-refractivity contribution in [2.75, 3.05) is 32.7 Å². The molecule has 0 aliphatic carbocycles. The number of benzene rings is 1. The quantitative estimate of drug-likeness (QED) is 0.799. The fourth-order valence-corrected chi connectivity index (χ4v) is 2.55. The molecule has 1 fully saturated rings. The van der Waals surface area contributed by atoms with E-state index in [2.05, 4.69) is 10.6 Å². The summed E-state index contributed by atoms with van der Waals surface area (Å²) in [5, 5.41) is 5.30. The van der Waals surface area contributed by atoms with Crippen molar-refractivity contribution < 1.29 is 22.4 Å².